The Bertz CT molecular complexity index is 414. The second-order valence-electron chi connectivity index (χ2n) is 4.51. The molecule has 1 aromatic rings. The zero-order valence-electron chi connectivity index (χ0n) is 10.3. The van der Waals surface area contributed by atoms with Gasteiger partial charge >= 0.3 is 5.97 Å². The number of nitrogens with zero attached hydrogens (tertiary/aromatic N) is 2. The van der Waals surface area contributed by atoms with Crippen molar-refractivity contribution in [2.24, 2.45) is 0 Å². The number of hydrogen-bond donors (Lipinski definition) is 1. The zero-order chi connectivity index (χ0) is 13.1. The monoisotopic (exact) mass is 252 g/mol. The third-order valence-corrected chi connectivity index (χ3v) is 3.41. The van der Waals surface area contributed by atoms with Gasteiger partial charge in [-0.05, 0) is 31.2 Å². The molecule has 98 valence electrons. The minimum Gasteiger partial charge on any atom is -0.480 e. The minimum absolute atomic E-state index is 0.239. The summed E-state index contributed by atoms with van der Waals surface area (Å²) in [5.74, 6) is -1.03. The fourth-order valence-electron chi connectivity index (χ4n) is 2.18. The van der Waals surface area contributed by atoms with Gasteiger partial charge in [0.2, 0.25) is 0 Å². The van der Waals surface area contributed by atoms with Crippen molar-refractivity contribution in [2.75, 3.05) is 31.1 Å². The maximum atomic E-state index is 12.8. The normalized spacial score (nSPS) is 18.7. The van der Waals surface area contributed by atoms with Crippen molar-refractivity contribution in [3.8, 4) is 0 Å². The average molecular weight is 252 g/mol. The molecule has 0 bridgehead atoms. The molecule has 0 saturated carbocycles. The topological polar surface area (TPSA) is 43.8 Å². The summed E-state index contributed by atoms with van der Waals surface area (Å²) in [5, 5.41) is 8.95. The number of halogens is 1. The maximum Gasteiger partial charge on any atom is 0.320 e. The summed E-state index contributed by atoms with van der Waals surface area (Å²) >= 11 is 0. The molecule has 1 aliphatic rings. The van der Waals surface area contributed by atoms with Crippen molar-refractivity contribution in [2.45, 2.75) is 13.0 Å². The molecule has 4 nitrogen and oxygen atoms in total. The molecule has 1 fully saturated rings. The molecule has 1 aliphatic heterocycles. The molecule has 1 N–H and O–H groups in total. The van der Waals surface area contributed by atoms with Gasteiger partial charge in [-0.25, -0.2) is 4.39 Å². The van der Waals surface area contributed by atoms with E-state index < -0.39 is 12.0 Å². The van der Waals surface area contributed by atoms with Crippen LogP contribution in [0.5, 0.6) is 0 Å². The number of hydrogen-bond acceptors (Lipinski definition) is 3. The van der Waals surface area contributed by atoms with E-state index in [4.69, 9.17) is 5.11 Å². The number of carbonyl (C=O) groups is 1. The first kappa shape index (κ1) is 12.8. The molecule has 0 radical (unpaired) electrons. The van der Waals surface area contributed by atoms with Crippen LogP contribution < -0.4 is 4.90 Å². The zero-order valence-corrected chi connectivity index (χ0v) is 10.3. The largest absolute Gasteiger partial charge is 0.480 e. The van der Waals surface area contributed by atoms with E-state index in [-0.39, 0.29) is 5.82 Å². The third kappa shape index (κ3) is 2.79. The SMILES string of the molecule is C[C@@H](C(=O)O)N1CCN(c2ccc(F)cc2)CC1. The number of benzene rings is 1. The highest BCUT2D eigenvalue weighted by Gasteiger charge is 2.25. The Balaban J connectivity index is 1.94. The molecule has 5 heteroatoms. The van der Waals surface area contributed by atoms with Gasteiger partial charge in [0.1, 0.15) is 11.9 Å². The van der Waals surface area contributed by atoms with Crippen LogP contribution in [-0.4, -0.2) is 48.2 Å². The third-order valence-electron chi connectivity index (χ3n) is 3.41. The summed E-state index contributed by atoms with van der Waals surface area (Å²) in [6.07, 6.45) is 0. The van der Waals surface area contributed by atoms with Gasteiger partial charge in [-0.3, -0.25) is 9.69 Å². The Kier molecular flexibility index (Phi) is 3.81. The lowest BCUT2D eigenvalue weighted by molar-refractivity contribution is -0.142. The van der Waals surface area contributed by atoms with E-state index in [1.165, 1.54) is 12.1 Å². The van der Waals surface area contributed by atoms with Crippen molar-refractivity contribution in [3.05, 3.63) is 30.1 Å². The van der Waals surface area contributed by atoms with Crippen molar-refractivity contribution < 1.29 is 14.3 Å². The van der Waals surface area contributed by atoms with Gasteiger partial charge in [-0.1, -0.05) is 0 Å². The van der Waals surface area contributed by atoms with Crippen LogP contribution in [0.4, 0.5) is 10.1 Å². The first-order chi connectivity index (χ1) is 8.58. The number of rotatable bonds is 3. The molecule has 0 aromatic heterocycles. The smallest absolute Gasteiger partial charge is 0.320 e. The summed E-state index contributed by atoms with van der Waals surface area (Å²) in [5.41, 5.74) is 0.985. The van der Waals surface area contributed by atoms with Crippen LogP contribution in [0.15, 0.2) is 24.3 Å². The molecule has 0 aliphatic carbocycles. The van der Waals surface area contributed by atoms with Gasteiger partial charge in [0.25, 0.3) is 0 Å². The molecule has 2 rings (SSSR count). The summed E-state index contributed by atoms with van der Waals surface area (Å²) < 4.78 is 12.8. The number of anilines is 1. The predicted molar refractivity (Wildman–Crippen MR) is 67.3 cm³/mol. The minimum atomic E-state index is -0.787. The van der Waals surface area contributed by atoms with Crippen LogP contribution in [0.2, 0.25) is 0 Å². The van der Waals surface area contributed by atoms with Crippen LogP contribution >= 0.6 is 0 Å². The second-order valence-corrected chi connectivity index (χ2v) is 4.51. The van der Waals surface area contributed by atoms with E-state index in [0.29, 0.717) is 13.1 Å². The summed E-state index contributed by atoms with van der Waals surface area (Å²) in [4.78, 5) is 15.0. The summed E-state index contributed by atoms with van der Waals surface area (Å²) in [6.45, 7) is 4.66. The Labute approximate surface area is 106 Å². The lowest BCUT2D eigenvalue weighted by Gasteiger charge is -2.37. The fraction of sp³-hybridized carbons (Fsp3) is 0.462. The van der Waals surface area contributed by atoms with Gasteiger partial charge in [0.05, 0.1) is 0 Å². The highest BCUT2D eigenvalue weighted by Crippen LogP contribution is 2.17. The van der Waals surface area contributed by atoms with Crippen molar-refractivity contribution in [1.29, 1.82) is 0 Å². The van der Waals surface area contributed by atoms with E-state index in [1.54, 1.807) is 19.1 Å². The number of piperazine rings is 1. The number of carboxylic acids is 1. The Morgan fingerprint density at radius 1 is 1.22 bits per heavy atom. The Morgan fingerprint density at radius 3 is 2.28 bits per heavy atom. The lowest BCUT2D eigenvalue weighted by Crippen LogP contribution is -2.51. The maximum absolute atomic E-state index is 12.8. The predicted octanol–water partition coefficient (Wildman–Crippen LogP) is 1.42. The molecule has 18 heavy (non-hydrogen) atoms. The van der Waals surface area contributed by atoms with E-state index >= 15 is 0 Å². The standard InChI is InChI=1S/C13H17FN2O2/c1-10(13(17)18)15-6-8-16(9-7-15)12-4-2-11(14)3-5-12/h2-5,10H,6-9H2,1H3,(H,17,18)/t10-/m0/s1. The van der Waals surface area contributed by atoms with E-state index in [2.05, 4.69) is 4.90 Å². The molecular weight excluding hydrogens is 235 g/mol. The highest BCUT2D eigenvalue weighted by molar-refractivity contribution is 5.72. The van der Waals surface area contributed by atoms with Gasteiger partial charge in [-0.15, -0.1) is 0 Å². The van der Waals surface area contributed by atoms with Crippen LogP contribution in [0.1, 0.15) is 6.92 Å². The molecule has 0 spiro atoms. The van der Waals surface area contributed by atoms with Crippen molar-refractivity contribution >= 4 is 11.7 Å². The molecular formula is C13H17FN2O2. The molecule has 1 heterocycles. The van der Waals surface area contributed by atoms with Crippen LogP contribution in [-0.2, 0) is 4.79 Å². The fourth-order valence-corrected chi connectivity index (χ4v) is 2.18. The van der Waals surface area contributed by atoms with Crippen molar-refractivity contribution in [3.63, 3.8) is 0 Å². The molecule has 1 atom stereocenters. The van der Waals surface area contributed by atoms with E-state index in [1.807, 2.05) is 4.90 Å². The Hall–Kier alpha value is -1.62. The number of aliphatic carboxylic acids is 1. The molecule has 1 aromatic carbocycles. The summed E-state index contributed by atoms with van der Waals surface area (Å²) in [7, 11) is 0. The van der Waals surface area contributed by atoms with E-state index in [0.717, 1.165) is 18.8 Å². The lowest BCUT2D eigenvalue weighted by atomic mass is 10.2. The quantitative estimate of drug-likeness (QED) is 0.883. The molecule has 0 unspecified atom stereocenters. The van der Waals surface area contributed by atoms with Crippen LogP contribution in [0.3, 0.4) is 0 Å². The van der Waals surface area contributed by atoms with Crippen molar-refractivity contribution in [1.82, 2.24) is 4.90 Å². The van der Waals surface area contributed by atoms with Crippen LogP contribution in [0.25, 0.3) is 0 Å². The molecule has 1 saturated heterocycles. The average Bonchev–Trinajstić information content (AvgIpc) is 2.39. The van der Waals surface area contributed by atoms with E-state index in [9.17, 15) is 9.18 Å². The second kappa shape index (κ2) is 5.35. The number of carboxylic acid groups (broad SMARTS) is 1. The van der Waals surface area contributed by atoms with Gasteiger partial charge in [0, 0.05) is 31.9 Å². The highest BCUT2D eigenvalue weighted by atomic mass is 19.1. The first-order valence-electron chi connectivity index (χ1n) is 6.05. The van der Waals surface area contributed by atoms with Gasteiger partial charge in [-0.2, -0.15) is 0 Å². The van der Waals surface area contributed by atoms with Crippen LogP contribution in [0, 0.1) is 5.82 Å². The first-order valence-corrected chi connectivity index (χ1v) is 6.05. The van der Waals surface area contributed by atoms with Gasteiger partial charge in [0.15, 0.2) is 0 Å². The summed E-state index contributed by atoms with van der Waals surface area (Å²) in [6, 6.07) is 5.96. The Morgan fingerprint density at radius 2 is 1.78 bits per heavy atom. The van der Waals surface area contributed by atoms with Gasteiger partial charge < -0.3 is 10.0 Å². The molecule has 0 amide bonds.